The highest BCUT2D eigenvalue weighted by Gasteiger charge is 2.37. The molecule has 5 nitrogen and oxygen atoms in total. The molecule has 2 atom stereocenters. The molecule has 2 aromatic rings. The molecule has 0 radical (unpaired) electrons. The van der Waals surface area contributed by atoms with Crippen LogP contribution in [-0.4, -0.2) is 16.4 Å². The number of hydrogen-bond acceptors (Lipinski definition) is 4. The van der Waals surface area contributed by atoms with Gasteiger partial charge >= 0.3 is 0 Å². The minimum absolute atomic E-state index is 0. The maximum absolute atomic E-state index is 12.4. The average Bonchev–Trinajstić information content (AvgIpc) is 3.02. The molecule has 24 heavy (non-hydrogen) atoms. The molecule has 0 aliphatic heterocycles. The van der Waals surface area contributed by atoms with E-state index in [1.807, 2.05) is 37.3 Å². The highest BCUT2D eigenvalue weighted by atomic mass is 35.5. The first-order valence-electron chi connectivity index (χ1n) is 8.13. The third kappa shape index (κ3) is 4.16. The van der Waals surface area contributed by atoms with Gasteiger partial charge < -0.3 is 15.5 Å². The van der Waals surface area contributed by atoms with Gasteiger partial charge in [0, 0.05) is 11.1 Å². The lowest BCUT2D eigenvalue weighted by Gasteiger charge is -2.37. The van der Waals surface area contributed by atoms with Crippen LogP contribution >= 0.6 is 12.4 Å². The van der Waals surface area contributed by atoms with E-state index in [2.05, 4.69) is 10.3 Å². The maximum Gasteiger partial charge on any atom is 0.226 e. The summed E-state index contributed by atoms with van der Waals surface area (Å²) in [5.74, 6) is 0.451. The van der Waals surface area contributed by atoms with Crippen LogP contribution in [0, 0.1) is 5.92 Å². The van der Waals surface area contributed by atoms with E-state index in [9.17, 15) is 4.79 Å². The van der Waals surface area contributed by atoms with Crippen LogP contribution in [0.3, 0.4) is 0 Å². The number of nitrogens with zero attached hydrogens (tertiary/aromatic N) is 1. The van der Waals surface area contributed by atoms with Crippen molar-refractivity contribution in [1.82, 2.24) is 10.3 Å². The van der Waals surface area contributed by atoms with Crippen LogP contribution in [0.4, 0.5) is 0 Å². The molecule has 1 aliphatic rings. The molecule has 0 saturated heterocycles. The number of hydrogen-bond donors (Lipinski definition) is 2. The standard InChI is InChI=1S/C18H23N3O2.ClH/c1-18(19)10-6-5-9-15(18)16(22)20-11-14-12-23-17(21-14)13-7-3-2-4-8-13;/h2-4,7-8,12,15H,5-6,9-11,19H2,1H3,(H,20,22);1H. The summed E-state index contributed by atoms with van der Waals surface area (Å²) >= 11 is 0. The molecule has 0 spiro atoms. The van der Waals surface area contributed by atoms with Gasteiger partial charge in [0.1, 0.15) is 6.26 Å². The van der Waals surface area contributed by atoms with Crippen molar-refractivity contribution in [2.45, 2.75) is 44.7 Å². The van der Waals surface area contributed by atoms with Crippen LogP contribution in [0.25, 0.3) is 11.5 Å². The van der Waals surface area contributed by atoms with E-state index in [4.69, 9.17) is 10.2 Å². The first-order chi connectivity index (χ1) is 11.1. The fraction of sp³-hybridized carbons (Fsp3) is 0.444. The van der Waals surface area contributed by atoms with Gasteiger partial charge in [-0.25, -0.2) is 4.98 Å². The largest absolute Gasteiger partial charge is 0.444 e. The zero-order valence-corrected chi connectivity index (χ0v) is 14.6. The molecule has 1 heterocycles. The van der Waals surface area contributed by atoms with Crippen LogP contribution < -0.4 is 11.1 Å². The Bertz CT molecular complexity index is 670. The average molecular weight is 350 g/mol. The monoisotopic (exact) mass is 349 g/mol. The molecule has 2 unspecified atom stereocenters. The third-order valence-electron chi connectivity index (χ3n) is 4.59. The Balaban J connectivity index is 0.00000208. The predicted octanol–water partition coefficient (Wildman–Crippen LogP) is 3.29. The number of nitrogens with one attached hydrogen (secondary N) is 1. The number of carbonyl (C=O) groups excluding carboxylic acids is 1. The summed E-state index contributed by atoms with van der Waals surface area (Å²) in [4.78, 5) is 16.8. The normalized spacial score (nSPS) is 23.3. The molecule has 1 fully saturated rings. The fourth-order valence-electron chi connectivity index (χ4n) is 3.19. The predicted molar refractivity (Wildman–Crippen MR) is 95.6 cm³/mol. The number of rotatable bonds is 4. The van der Waals surface area contributed by atoms with Gasteiger partial charge in [-0.15, -0.1) is 12.4 Å². The molecule has 1 aromatic heterocycles. The Hall–Kier alpha value is -1.85. The third-order valence-corrected chi connectivity index (χ3v) is 4.59. The van der Waals surface area contributed by atoms with Crippen LogP contribution in [0.5, 0.6) is 0 Å². The van der Waals surface area contributed by atoms with Crippen molar-refractivity contribution in [3.8, 4) is 11.5 Å². The van der Waals surface area contributed by atoms with Gasteiger partial charge in [-0.05, 0) is 31.9 Å². The molecule has 3 rings (SSSR count). The van der Waals surface area contributed by atoms with E-state index in [0.29, 0.717) is 18.1 Å². The molecule has 0 bridgehead atoms. The Morgan fingerprint density at radius 3 is 2.83 bits per heavy atom. The SMILES string of the molecule is CC1(N)CCCCC1C(=O)NCc1coc(-c2ccccc2)n1.Cl. The van der Waals surface area contributed by atoms with Crippen molar-refractivity contribution >= 4 is 18.3 Å². The Labute approximate surface area is 148 Å². The maximum atomic E-state index is 12.4. The van der Waals surface area contributed by atoms with Crippen LogP contribution in [-0.2, 0) is 11.3 Å². The second kappa shape index (κ2) is 7.81. The topological polar surface area (TPSA) is 81.2 Å². The molecular formula is C18H24ClN3O2. The molecule has 6 heteroatoms. The summed E-state index contributed by atoms with van der Waals surface area (Å²) < 4.78 is 5.48. The number of benzene rings is 1. The molecule has 1 aromatic carbocycles. The van der Waals surface area contributed by atoms with E-state index < -0.39 is 5.54 Å². The van der Waals surface area contributed by atoms with Gasteiger partial charge in [0.2, 0.25) is 11.8 Å². The summed E-state index contributed by atoms with van der Waals surface area (Å²) in [6.45, 7) is 2.34. The highest BCUT2D eigenvalue weighted by molar-refractivity contribution is 5.85. The van der Waals surface area contributed by atoms with E-state index >= 15 is 0 Å². The second-order valence-corrected chi connectivity index (χ2v) is 6.53. The van der Waals surface area contributed by atoms with E-state index in [-0.39, 0.29) is 24.2 Å². The molecule has 1 saturated carbocycles. The molecular weight excluding hydrogens is 326 g/mol. The van der Waals surface area contributed by atoms with Gasteiger partial charge in [-0.2, -0.15) is 0 Å². The molecule has 1 amide bonds. The van der Waals surface area contributed by atoms with Gasteiger partial charge in [0.25, 0.3) is 0 Å². The number of carbonyl (C=O) groups is 1. The van der Waals surface area contributed by atoms with Gasteiger partial charge in [-0.3, -0.25) is 4.79 Å². The van der Waals surface area contributed by atoms with Crippen molar-refractivity contribution in [2.75, 3.05) is 0 Å². The molecule has 130 valence electrons. The lowest BCUT2D eigenvalue weighted by atomic mass is 9.74. The zero-order valence-electron chi connectivity index (χ0n) is 13.8. The van der Waals surface area contributed by atoms with Crippen molar-refractivity contribution in [3.63, 3.8) is 0 Å². The lowest BCUT2D eigenvalue weighted by molar-refractivity contribution is -0.128. The summed E-state index contributed by atoms with van der Waals surface area (Å²) in [6.07, 6.45) is 5.50. The number of nitrogens with two attached hydrogens (primary N) is 1. The number of amides is 1. The van der Waals surface area contributed by atoms with Crippen LogP contribution in [0.1, 0.15) is 38.3 Å². The fourth-order valence-corrected chi connectivity index (χ4v) is 3.19. The van der Waals surface area contributed by atoms with Crippen molar-refractivity contribution < 1.29 is 9.21 Å². The highest BCUT2D eigenvalue weighted by Crippen LogP contribution is 2.31. The van der Waals surface area contributed by atoms with Crippen molar-refractivity contribution in [2.24, 2.45) is 11.7 Å². The van der Waals surface area contributed by atoms with Crippen molar-refractivity contribution in [1.29, 1.82) is 0 Å². The number of halogens is 1. The van der Waals surface area contributed by atoms with E-state index in [1.54, 1.807) is 6.26 Å². The lowest BCUT2D eigenvalue weighted by Crippen LogP contribution is -2.52. The molecule has 1 aliphatic carbocycles. The van der Waals surface area contributed by atoms with Crippen LogP contribution in [0.2, 0.25) is 0 Å². The summed E-state index contributed by atoms with van der Waals surface area (Å²) in [5, 5.41) is 2.95. The molecule has 3 N–H and O–H groups in total. The second-order valence-electron chi connectivity index (χ2n) is 6.53. The first-order valence-corrected chi connectivity index (χ1v) is 8.13. The van der Waals surface area contributed by atoms with E-state index in [0.717, 1.165) is 31.2 Å². The number of oxazole rings is 1. The first kappa shape index (κ1) is 18.5. The smallest absolute Gasteiger partial charge is 0.226 e. The van der Waals surface area contributed by atoms with Crippen molar-refractivity contribution in [3.05, 3.63) is 42.3 Å². The minimum Gasteiger partial charge on any atom is -0.444 e. The van der Waals surface area contributed by atoms with Gasteiger partial charge in [0.15, 0.2) is 0 Å². The Morgan fingerprint density at radius 1 is 1.38 bits per heavy atom. The zero-order chi connectivity index (χ0) is 16.3. The Morgan fingerprint density at radius 2 is 2.12 bits per heavy atom. The number of aromatic nitrogens is 1. The van der Waals surface area contributed by atoms with E-state index in [1.165, 1.54) is 0 Å². The summed E-state index contributed by atoms with van der Waals surface area (Å²) in [7, 11) is 0. The Kier molecular flexibility index (Phi) is 6.02. The quantitative estimate of drug-likeness (QED) is 0.887. The summed E-state index contributed by atoms with van der Waals surface area (Å²) in [5.41, 5.74) is 7.50. The minimum atomic E-state index is -0.415. The van der Waals surface area contributed by atoms with Gasteiger partial charge in [-0.1, -0.05) is 31.0 Å². The van der Waals surface area contributed by atoms with Gasteiger partial charge in [0.05, 0.1) is 18.2 Å². The van der Waals surface area contributed by atoms with Crippen LogP contribution in [0.15, 0.2) is 41.0 Å². The summed E-state index contributed by atoms with van der Waals surface area (Å²) in [6, 6.07) is 9.70.